The van der Waals surface area contributed by atoms with Gasteiger partial charge in [0.2, 0.25) is 0 Å². The Hall–Kier alpha value is -0.960. The first-order valence-electron chi connectivity index (χ1n) is 9.07. The lowest BCUT2D eigenvalue weighted by Gasteiger charge is -2.67. The van der Waals surface area contributed by atoms with Gasteiger partial charge in [0.05, 0.1) is 6.10 Å². The van der Waals surface area contributed by atoms with Crippen molar-refractivity contribution in [2.24, 2.45) is 34.0 Å². The van der Waals surface area contributed by atoms with Crippen LogP contribution in [0.2, 0.25) is 0 Å². The normalized spacial score (nSPS) is 51.4. The molecule has 0 aromatic rings. The second-order valence-electron chi connectivity index (χ2n) is 9.44. The van der Waals surface area contributed by atoms with Crippen LogP contribution < -0.4 is 0 Å². The Kier molecular flexibility index (Phi) is 2.95. The zero-order valence-electron chi connectivity index (χ0n) is 14.5. The zero-order chi connectivity index (χ0) is 16.8. The van der Waals surface area contributed by atoms with E-state index < -0.39 is 11.5 Å². The number of ketones is 2. The van der Waals surface area contributed by atoms with Crippen LogP contribution in [0.5, 0.6) is 0 Å². The van der Waals surface area contributed by atoms with Gasteiger partial charge >= 0.3 is 0 Å². The Morgan fingerprint density at radius 1 is 1.13 bits per heavy atom. The second kappa shape index (κ2) is 4.36. The van der Waals surface area contributed by atoms with Crippen LogP contribution in [0.3, 0.4) is 0 Å². The largest absolute Gasteiger partial charge is 0.392 e. The highest BCUT2D eigenvalue weighted by atomic mass is 16.3. The van der Waals surface area contributed by atoms with Crippen molar-refractivity contribution in [3.05, 3.63) is 12.2 Å². The van der Waals surface area contributed by atoms with Crippen molar-refractivity contribution in [1.82, 2.24) is 0 Å². The van der Waals surface area contributed by atoms with Crippen molar-refractivity contribution in [2.45, 2.75) is 65.4 Å². The molecule has 1 N–H and O–H groups in total. The summed E-state index contributed by atoms with van der Waals surface area (Å²) in [4.78, 5) is 25.4. The van der Waals surface area contributed by atoms with Crippen LogP contribution in [0.1, 0.15) is 59.3 Å². The summed E-state index contributed by atoms with van der Waals surface area (Å²) in [6.07, 6.45) is 3.90. The molecular formula is C20H28O3. The molecule has 0 radical (unpaired) electrons. The van der Waals surface area contributed by atoms with Gasteiger partial charge in [0.1, 0.15) is 11.6 Å². The van der Waals surface area contributed by atoms with Crippen molar-refractivity contribution >= 4 is 11.6 Å². The Morgan fingerprint density at radius 3 is 2.52 bits per heavy atom. The quantitative estimate of drug-likeness (QED) is 0.698. The van der Waals surface area contributed by atoms with Gasteiger partial charge in [-0.25, -0.2) is 0 Å². The highest BCUT2D eigenvalue weighted by Crippen LogP contribution is 2.70. The van der Waals surface area contributed by atoms with E-state index in [2.05, 4.69) is 27.4 Å². The summed E-state index contributed by atoms with van der Waals surface area (Å²) in [6, 6.07) is 0. The molecule has 0 heterocycles. The summed E-state index contributed by atoms with van der Waals surface area (Å²) >= 11 is 0. The van der Waals surface area contributed by atoms with Crippen molar-refractivity contribution in [2.75, 3.05) is 0 Å². The molecule has 0 aromatic heterocycles. The minimum Gasteiger partial charge on any atom is -0.392 e. The fourth-order valence-electron chi connectivity index (χ4n) is 7.15. The summed E-state index contributed by atoms with van der Waals surface area (Å²) in [6.45, 7) is 10.6. The number of aliphatic hydroxyl groups is 1. The predicted octanol–water partition coefficient (Wildman–Crippen LogP) is 3.30. The molecule has 5 aliphatic rings. The molecule has 0 amide bonds. The van der Waals surface area contributed by atoms with Crippen molar-refractivity contribution in [3.63, 3.8) is 0 Å². The highest BCUT2D eigenvalue weighted by molar-refractivity contribution is 5.90. The van der Waals surface area contributed by atoms with Gasteiger partial charge in [-0.2, -0.15) is 0 Å². The minimum atomic E-state index is -0.467. The maximum atomic E-state index is 12.9. The molecule has 5 aliphatic carbocycles. The number of aliphatic hydroxyl groups excluding tert-OH is 1. The van der Waals surface area contributed by atoms with Crippen LogP contribution >= 0.6 is 0 Å². The van der Waals surface area contributed by atoms with E-state index in [1.807, 2.05) is 0 Å². The molecule has 5 rings (SSSR count). The highest BCUT2D eigenvalue weighted by Gasteiger charge is 2.69. The third kappa shape index (κ3) is 1.65. The van der Waals surface area contributed by atoms with Gasteiger partial charge < -0.3 is 5.11 Å². The molecule has 0 aliphatic heterocycles. The molecule has 5 saturated carbocycles. The smallest absolute Gasteiger partial charge is 0.140 e. The molecule has 1 spiro atoms. The summed E-state index contributed by atoms with van der Waals surface area (Å²) in [5.74, 6) is 0.896. The van der Waals surface area contributed by atoms with Crippen LogP contribution in [0.25, 0.3) is 0 Å². The lowest BCUT2D eigenvalue weighted by molar-refractivity contribution is -0.209. The SMILES string of the molecule is C=C1C[C@@]23CC[C@H]4C(C)(C)C(=O)CC[C@@]4(C)[C@H]2C(O)C1CC3=O. The maximum Gasteiger partial charge on any atom is 0.140 e. The van der Waals surface area contributed by atoms with E-state index in [0.29, 0.717) is 24.4 Å². The minimum absolute atomic E-state index is 0.00197. The number of Topliss-reactive ketones (excluding diaryl/α,β-unsaturated/α-hetero) is 2. The topological polar surface area (TPSA) is 54.4 Å². The van der Waals surface area contributed by atoms with Gasteiger partial charge in [-0.1, -0.05) is 32.9 Å². The average Bonchev–Trinajstić information content (AvgIpc) is 2.45. The fourth-order valence-corrected chi connectivity index (χ4v) is 7.15. The van der Waals surface area contributed by atoms with E-state index in [0.717, 1.165) is 31.3 Å². The number of hydrogen-bond acceptors (Lipinski definition) is 3. The molecular weight excluding hydrogens is 288 g/mol. The van der Waals surface area contributed by atoms with Crippen LogP contribution in [0.15, 0.2) is 12.2 Å². The standard InChI is InChI=1S/C20H28O3/c1-11-10-20-8-5-13-18(2,3)14(21)6-7-19(13,4)17(20)16(23)12(11)9-15(20)22/h12-13,16-17,23H,1,5-10H2,2-4H3/t12?,13-,16?,17+,19+,20+/m0/s1. The predicted molar refractivity (Wildman–Crippen MR) is 87.7 cm³/mol. The molecule has 5 fully saturated rings. The molecule has 3 heteroatoms. The lowest BCUT2D eigenvalue weighted by Crippen LogP contribution is -2.68. The molecule has 6 atom stereocenters. The monoisotopic (exact) mass is 316 g/mol. The van der Waals surface area contributed by atoms with Gasteiger partial charge in [0.15, 0.2) is 0 Å². The molecule has 0 aromatic carbocycles. The van der Waals surface area contributed by atoms with Gasteiger partial charge in [-0.3, -0.25) is 9.59 Å². The van der Waals surface area contributed by atoms with E-state index in [-0.39, 0.29) is 28.6 Å². The lowest BCUT2D eigenvalue weighted by atomic mass is 9.36. The van der Waals surface area contributed by atoms with Crippen LogP contribution in [-0.4, -0.2) is 22.8 Å². The van der Waals surface area contributed by atoms with Crippen LogP contribution in [0.4, 0.5) is 0 Å². The molecule has 23 heavy (non-hydrogen) atoms. The van der Waals surface area contributed by atoms with E-state index in [4.69, 9.17) is 0 Å². The van der Waals surface area contributed by atoms with Crippen LogP contribution in [0, 0.1) is 34.0 Å². The number of fused-ring (bicyclic) bond motifs is 3. The number of hydrogen-bond donors (Lipinski definition) is 1. The first-order chi connectivity index (χ1) is 10.6. The maximum absolute atomic E-state index is 12.9. The fraction of sp³-hybridized carbons (Fsp3) is 0.800. The number of rotatable bonds is 0. The van der Waals surface area contributed by atoms with Gasteiger partial charge in [-0.05, 0) is 37.0 Å². The molecule has 2 unspecified atom stereocenters. The van der Waals surface area contributed by atoms with E-state index in [1.165, 1.54) is 0 Å². The van der Waals surface area contributed by atoms with Crippen molar-refractivity contribution in [3.8, 4) is 0 Å². The summed E-state index contributed by atoms with van der Waals surface area (Å²) in [5.41, 5.74) is 0.198. The van der Waals surface area contributed by atoms with Crippen molar-refractivity contribution in [1.29, 1.82) is 0 Å². The third-order valence-electron chi connectivity index (χ3n) is 8.24. The Bertz CT molecular complexity index is 618. The average molecular weight is 316 g/mol. The molecule has 3 nitrogen and oxygen atoms in total. The summed E-state index contributed by atoms with van der Waals surface area (Å²) in [7, 11) is 0. The number of carbonyl (C=O) groups excluding carboxylic acids is 2. The van der Waals surface area contributed by atoms with Gasteiger partial charge in [-0.15, -0.1) is 0 Å². The number of carbonyl (C=O) groups is 2. The molecule has 0 saturated heterocycles. The van der Waals surface area contributed by atoms with Crippen molar-refractivity contribution < 1.29 is 14.7 Å². The van der Waals surface area contributed by atoms with Gasteiger partial charge in [0.25, 0.3) is 0 Å². The second-order valence-corrected chi connectivity index (χ2v) is 9.44. The first kappa shape index (κ1) is 15.6. The molecule has 126 valence electrons. The molecule has 2 bridgehead atoms. The Balaban J connectivity index is 1.85. The zero-order valence-corrected chi connectivity index (χ0v) is 14.5. The summed E-state index contributed by atoms with van der Waals surface area (Å²) in [5, 5.41) is 11.1. The first-order valence-corrected chi connectivity index (χ1v) is 9.07. The van der Waals surface area contributed by atoms with Crippen LogP contribution in [-0.2, 0) is 9.59 Å². The Morgan fingerprint density at radius 2 is 1.83 bits per heavy atom. The van der Waals surface area contributed by atoms with Gasteiger partial charge in [0, 0.05) is 35.5 Å². The van der Waals surface area contributed by atoms with E-state index in [9.17, 15) is 14.7 Å². The van der Waals surface area contributed by atoms with E-state index >= 15 is 0 Å². The Labute approximate surface area is 138 Å². The summed E-state index contributed by atoms with van der Waals surface area (Å²) < 4.78 is 0. The van der Waals surface area contributed by atoms with E-state index in [1.54, 1.807) is 0 Å². The third-order valence-corrected chi connectivity index (χ3v) is 8.24.